The largest absolute Gasteiger partial charge is 0.361 e. The third-order valence-electron chi connectivity index (χ3n) is 5.94. The molecule has 4 rings (SSSR count). The van der Waals surface area contributed by atoms with E-state index in [-0.39, 0.29) is 6.03 Å². The van der Waals surface area contributed by atoms with Crippen LogP contribution in [-0.2, 0) is 6.42 Å². The van der Waals surface area contributed by atoms with E-state index in [4.69, 9.17) is 0 Å². The van der Waals surface area contributed by atoms with Gasteiger partial charge in [0.25, 0.3) is 0 Å². The van der Waals surface area contributed by atoms with E-state index in [9.17, 15) is 4.79 Å². The van der Waals surface area contributed by atoms with Gasteiger partial charge in [-0.15, -0.1) is 0 Å². The van der Waals surface area contributed by atoms with Crippen LogP contribution in [0.1, 0.15) is 37.7 Å². The summed E-state index contributed by atoms with van der Waals surface area (Å²) in [4.78, 5) is 18.0. The second-order valence-electron chi connectivity index (χ2n) is 7.86. The number of benzene rings is 1. The van der Waals surface area contributed by atoms with Crippen LogP contribution in [0.25, 0.3) is 10.9 Å². The van der Waals surface area contributed by atoms with E-state index >= 15 is 0 Å². The van der Waals surface area contributed by atoms with Gasteiger partial charge in [-0.1, -0.05) is 37.5 Å². The number of rotatable bonds is 5. The Morgan fingerprint density at radius 1 is 1.07 bits per heavy atom. The lowest BCUT2D eigenvalue weighted by Gasteiger charge is -2.35. The minimum atomic E-state index is -0.0332. The fraction of sp³-hybridized carbons (Fsp3) is 0.571. The number of carbonyl (C=O) groups excluding carboxylic acids is 1. The summed E-state index contributed by atoms with van der Waals surface area (Å²) >= 11 is 0. The molecule has 1 saturated carbocycles. The minimum absolute atomic E-state index is 0.0332. The van der Waals surface area contributed by atoms with Gasteiger partial charge in [0.1, 0.15) is 0 Å². The molecule has 1 aromatic carbocycles. The highest BCUT2D eigenvalue weighted by Gasteiger charge is 2.20. The number of nitrogens with zero attached hydrogens (tertiary/aromatic N) is 2. The molecule has 0 bridgehead atoms. The molecule has 2 heterocycles. The van der Waals surface area contributed by atoms with Crippen LogP contribution in [0.5, 0.6) is 0 Å². The molecule has 2 aromatic rings. The molecule has 2 fully saturated rings. The Morgan fingerprint density at radius 2 is 1.85 bits per heavy atom. The Labute approximate surface area is 161 Å². The van der Waals surface area contributed by atoms with Crippen LogP contribution < -0.4 is 10.7 Å². The third kappa shape index (κ3) is 4.82. The lowest BCUT2D eigenvalue weighted by molar-refractivity contribution is 0.0975. The number of hydrogen-bond donors (Lipinski definition) is 3. The Balaban J connectivity index is 1.18. The fourth-order valence-electron chi connectivity index (χ4n) is 4.31. The maximum Gasteiger partial charge on any atom is 0.329 e. The van der Waals surface area contributed by atoms with Gasteiger partial charge in [0.2, 0.25) is 0 Å². The Hall–Kier alpha value is -2.05. The first-order chi connectivity index (χ1) is 13.3. The SMILES string of the molecule is O=C(NC1CCCCC1)NN1CCN(CCc2c[nH]c3ccccc23)CC1. The van der Waals surface area contributed by atoms with Crippen LogP contribution >= 0.6 is 0 Å². The standard InChI is InChI=1S/C21H31N5O/c27-21(23-18-6-2-1-3-7-18)24-26-14-12-25(13-15-26)11-10-17-16-22-20-9-5-4-8-19(17)20/h4-5,8-9,16,18,22H,1-3,6-7,10-15H2,(H2,23,24,27). The Morgan fingerprint density at radius 3 is 2.67 bits per heavy atom. The zero-order valence-corrected chi connectivity index (χ0v) is 16.0. The lowest BCUT2D eigenvalue weighted by atomic mass is 9.96. The van der Waals surface area contributed by atoms with Gasteiger partial charge >= 0.3 is 6.03 Å². The second kappa shape index (κ2) is 8.76. The molecule has 0 spiro atoms. The number of carbonyl (C=O) groups is 1. The quantitative estimate of drug-likeness (QED) is 0.759. The molecule has 1 aliphatic heterocycles. The summed E-state index contributed by atoms with van der Waals surface area (Å²) in [5.74, 6) is 0. The first-order valence-electron chi connectivity index (χ1n) is 10.4. The fourth-order valence-corrected chi connectivity index (χ4v) is 4.31. The van der Waals surface area contributed by atoms with Crippen LogP contribution in [0.3, 0.4) is 0 Å². The molecule has 3 N–H and O–H groups in total. The van der Waals surface area contributed by atoms with Crippen LogP contribution in [0.2, 0.25) is 0 Å². The number of para-hydroxylation sites is 1. The van der Waals surface area contributed by atoms with Gasteiger partial charge in [-0.05, 0) is 30.9 Å². The summed E-state index contributed by atoms with van der Waals surface area (Å²) in [6.07, 6.45) is 9.21. The van der Waals surface area contributed by atoms with E-state index in [1.165, 1.54) is 35.7 Å². The molecule has 0 atom stereocenters. The maximum atomic E-state index is 12.2. The predicted octanol–water partition coefficient (Wildman–Crippen LogP) is 2.87. The van der Waals surface area contributed by atoms with Crippen molar-refractivity contribution in [2.24, 2.45) is 0 Å². The number of hydrogen-bond acceptors (Lipinski definition) is 3. The number of nitrogens with one attached hydrogen (secondary N) is 3. The Kier molecular flexibility index (Phi) is 5.94. The lowest BCUT2D eigenvalue weighted by Crippen LogP contribution is -2.56. The van der Waals surface area contributed by atoms with E-state index in [0.29, 0.717) is 6.04 Å². The van der Waals surface area contributed by atoms with Gasteiger partial charge in [-0.25, -0.2) is 9.80 Å². The van der Waals surface area contributed by atoms with Crippen molar-refractivity contribution in [2.75, 3.05) is 32.7 Å². The van der Waals surface area contributed by atoms with Crippen molar-refractivity contribution in [2.45, 2.75) is 44.6 Å². The van der Waals surface area contributed by atoms with Gasteiger partial charge in [0.05, 0.1) is 0 Å². The molecule has 1 aromatic heterocycles. The molecule has 27 heavy (non-hydrogen) atoms. The number of aromatic amines is 1. The van der Waals surface area contributed by atoms with Crippen molar-refractivity contribution in [3.63, 3.8) is 0 Å². The zero-order valence-electron chi connectivity index (χ0n) is 16.0. The summed E-state index contributed by atoms with van der Waals surface area (Å²) in [6.45, 7) is 4.81. The van der Waals surface area contributed by atoms with E-state index in [2.05, 4.69) is 56.1 Å². The van der Waals surface area contributed by atoms with E-state index in [0.717, 1.165) is 52.0 Å². The highest BCUT2D eigenvalue weighted by atomic mass is 16.2. The normalized spacial score (nSPS) is 20.0. The first kappa shape index (κ1) is 18.3. The maximum absolute atomic E-state index is 12.2. The van der Waals surface area contributed by atoms with Crippen molar-refractivity contribution in [3.05, 3.63) is 36.0 Å². The monoisotopic (exact) mass is 369 g/mol. The van der Waals surface area contributed by atoms with E-state index in [1.54, 1.807) is 0 Å². The minimum Gasteiger partial charge on any atom is -0.361 e. The first-order valence-corrected chi connectivity index (χ1v) is 10.4. The summed E-state index contributed by atoms with van der Waals surface area (Å²) in [5, 5.41) is 6.52. The predicted molar refractivity (Wildman–Crippen MR) is 109 cm³/mol. The number of aromatic nitrogens is 1. The van der Waals surface area contributed by atoms with Crippen molar-refractivity contribution in [1.82, 2.24) is 25.6 Å². The van der Waals surface area contributed by atoms with Crippen molar-refractivity contribution >= 4 is 16.9 Å². The average molecular weight is 370 g/mol. The molecular weight excluding hydrogens is 338 g/mol. The number of urea groups is 1. The summed E-state index contributed by atoms with van der Waals surface area (Å²) in [7, 11) is 0. The van der Waals surface area contributed by atoms with Crippen LogP contribution in [0.4, 0.5) is 4.79 Å². The van der Waals surface area contributed by atoms with Crippen LogP contribution in [0.15, 0.2) is 30.5 Å². The molecule has 1 saturated heterocycles. The number of H-pyrrole nitrogens is 1. The highest BCUT2D eigenvalue weighted by molar-refractivity contribution is 5.83. The highest BCUT2D eigenvalue weighted by Crippen LogP contribution is 2.19. The van der Waals surface area contributed by atoms with Gasteiger partial charge in [-0.3, -0.25) is 5.43 Å². The number of hydrazine groups is 1. The number of piperazine rings is 1. The van der Waals surface area contributed by atoms with Crippen molar-refractivity contribution < 1.29 is 4.79 Å². The molecule has 2 amide bonds. The number of amides is 2. The summed E-state index contributed by atoms with van der Waals surface area (Å²) in [6, 6.07) is 8.81. The van der Waals surface area contributed by atoms with E-state index in [1.807, 2.05) is 0 Å². The molecular formula is C21H31N5O. The van der Waals surface area contributed by atoms with Crippen molar-refractivity contribution in [3.8, 4) is 0 Å². The summed E-state index contributed by atoms with van der Waals surface area (Å²) in [5.41, 5.74) is 5.63. The summed E-state index contributed by atoms with van der Waals surface area (Å²) < 4.78 is 0. The number of fused-ring (bicyclic) bond motifs is 1. The van der Waals surface area contributed by atoms with Gasteiger partial charge in [0, 0.05) is 55.9 Å². The molecule has 0 unspecified atom stereocenters. The smallest absolute Gasteiger partial charge is 0.329 e. The molecule has 1 aliphatic carbocycles. The second-order valence-corrected chi connectivity index (χ2v) is 7.86. The molecule has 6 heteroatoms. The van der Waals surface area contributed by atoms with Gasteiger partial charge < -0.3 is 15.2 Å². The van der Waals surface area contributed by atoms with E-state index < -0.39 is 0 Å². The van der Waals surface area contributed by atoms with Gasteiger partial charge in [0.15, 0.2) is 0 Å². The molecule has 6 nitrogen and oxygen atoms in total. The third-order valence-corrected chi connectivity index (χ3v) is 5.94. The van der Waals surface area contributed by atoms with Crippen molar-refractivity contribution in [1.29, 1.82) is 0 Å². The topological polar surface area (TPSA) is 63.4 Å². The van der Waals surface area contributed by atoms with Crippen LogP contribution in [0, 0.1) is 0 Å². The molecule has 0 radical (unpaired) electrons. The molecule has 2 aliphatic rings. The average Bonchev–Trinajstić information content (AvgIpc) is 3.11. The molecule has 146 valence electrons. The zero-order chi connectivity index (χ0) is 18.5. The Bertz CT molecular complexity index is 744. The van der Waals surface area contributed by atoms with Gasteiger partial charge in [-0.2, -0.15) is 0 Å². The van der Waals surface area contributed by atoms with Crippen LogP contribution in [-0.4, -0.2) is 59.7 Å².